The standard InChI is InChI=1S/C15H14N2O/c18-15-9-5-4-8-12(15)14-10-13(16-17-14)11-6-2-1-3-7-11/h1-9,13,16,18H,10H2/t13-/m0/s1. The highest BCUT2D eigenvalue weighted by atomic mass is 16.3. The Balaban J connectivity index is 1.82. The Bertz CT molecular complexity index is 578. The van der Waals surface area contributed by atoms with Gasteiger partial charge in [0.1, 0.15) is 5.75 Å². The van der Waals surface area contributed by atoms with Crippen molar-refractivity contribution in [2.45, 2.75) is 12.5 Å². The molecule has 0 aromatic heterocycles. The van der Waals surface area contributed by atoms with Gasteiger partial charge in [0.15, 0.2) is 0 Å². The largest absolute Gasteiger partial charge is 0.507 e. The van der Waals surface area contributed by atoms with Gasteiger partial charge in [-0.1, -0.05) is 42.5 Å². The molecule has 0 amide bonds. The van der Waals surface area contributed by atoms with E-state index in [1.54, 1.807) is 6.07 Å². The number of phenolic OH excluding ortho intramolecular Hbond substituents is 1. The van der Waals surface area contributed by atoms with Crippen LogP contribution in [0.4, 0.5) is 0 Å². The molecule has 0 saturated heterocycles. The molecule has 1 aliphatic heterocycles. The molecule has 3 nitrogen and oxygen atoms in total. The van der Waals surface area contributed by atoms with Gasteiger partial charge in [0.05, 0.1) is 11.8 Å². The third-order valence-electron chi connectivity index (χ3n) is 3.17. The van der Waals surface area contributed by atoms with Crippen LogP contribution in [-0.2, 0) is 0 Å². The Morgan fingerprint density at radius 1 is 1.00 bits per heavy atom. The van der Waals surface area contributed by atoms with Crippen molar-refractivity contribution in [3.05, 3.63) is 65.7 Å². The predicted octanol–water partition coefficient (Wildman–Crippen LogP) is 2.83. The smallest absolute Gasteiger partial charge is 0.124 e. The number of hydrogen-bond acceptors (Lipinski definition) is 3. The first-order valence-corrected chi connectivity index (χ1v) is 6.00. The maximum absolute atomic E-state index is 9.82. The van der Waals surface area contributed by atoms with Crippen molar-refractivity contribution < 1.29 is 5.11 Å². The molecule has 0 bridgehead atoms. The average Bonchev–Trinajstić information content (AvgIpc) is 2.90. The number of hydrazone groups is 1. The summed E-state index contributed by atoms with van der Waals surface area (Å²) in [5.41, 5.74) is 6.05. The van der Waals surface area contributed by atoms with Crippen LogP contribution < -0.4 is 5.43 Å². The minimum absolute atomic E-state index is 0.195. The van der Waals surface area contributed by atoms with Crippen LogP contribution in [0, 0.1) is 0 Å². The zero-order valence-electron chi connectivity index (χ0n) is 9.88. The summed E-state index contributed by atoms with van der Waals surface area (Å²) in [6.07, 6.45) is 0.793. The Labute approximate surface area is 106 Å². The molecule has 0 spiro atoms. The third-order valence-corrected chi connectivity index (χ3v) is 3.17. The molecule has 3 rings (SSSR count). The normalized spacial score (nSPS) is 18.2. The number of phenols is 1. The molecule has 0 radical (unpaired) electrons. The van der Waals surface area contributed by atoms with Gasteiger partial charge < -0.3 is 10.5 Å². The van der Waals surface area contributed by atoms with Crippen molar-refractivity contribution >= 4 is 5.71 Å². The van der Waals surface area contributed by atoms with Crippen molar-refractivity contribution in [3.8, 4) is 5.75 Å². The molecule has 2 aromatic rings. The van der Waals surface area contributed by atoms with Gasteiger partial charge in [-0.15, -0.1) is 0 Å². The second-order valence-corrected chi connectivity index (χ2v) is 4.37. The molecule has 0 unspecified atom stereocenters. The number of hydrogen-bond donors (Lipinski definition) is 2. The van der Waals surface area contributed by atoms with Crippen LogP contribution in [0.3, 0.4) is 0 Å². The van der Waals surface area contributed by atoms with Crippen molar-refractivity contribution in [3.63, 3.8) is 0 Å². The number of rotatable bonds is 2. The van der Waals surface area contributed by atoms with E-state index < -0.39 is 0 Å². The molecule has 1 aliphatic rings. The minimum Gasteiger partial charge on any atom is -0.507 e. The van der Waals surface area contributed by atoms with Crippen LogP contribution in [0.25, 0.3) is 0 Å². The summed E-state index contributed by atoms with van der Waals surface area (Å²) in [6.45, 7) is 0. The van der Waals surface area contributed by atoms with E-state index in [-0.39, 0.29) is 11.8 Å². The van der Waals surface area contributed by atoms with Gasteiger partial charge in [-0.25, -0.2) is 0 Å². The van der Waals surface area contributed by atoms with E-state index in [1.807, 2.05) is 36.4 Å². The van der Waals surface area contributed by atoms with Crippen LogP contribution in [0.15, 0.2) is 59.7 Å². The Kier molecular flexibility index (Phi) is 2.73. The van der Waals surface area contributed by atoms with Gasteiger partial charge in [0.2, 0.25) is 0 Å². The Hall–Kier alpha value is -2.29. The first-order valence-electron chi connectivity index (χ1n) is 6.00. The van der Waals surface area contributed by atoms with Crippen LogP contribution in [-0.4, -0.2) is 10.8 Å². The molecule has 1 heterocycles. The molecule has 18 heavy (non-hydrogen) atoms. The maximum atomic E-state index is 9.82. The first kappa shape index (κ1) is 10.8. The molecular formula is C15H14N2O. The molecule has 2 aromatic carbocycles. The summed E-state index contributed by atoms with van der Waals surface area (Å²) in [7, 11) is 0. The van der Waals surface area contributed by atoms with E-state index in [0.717, 1.165) is 17.7 Å². The lowest BCUT2D eigenvalue weighted by molar-refractivity contribution is 0.474. The van der Waals surface area contributed by atoms with Crippen LogP contribution >= 0.6 is 0 Å². The lowest BCUT2D eigenvalue weighted by Gasteiger charge is -2.09. The van der Waals surface area contributed by atoms with Crippen molar-refractivity contribution in [2.75, 3.05) is 0 Å². The quantitative estimate of drug-likeness (QED) is 0.845. The monoisotopic (exact) mass is 238 g/mol. The fraction of sp³-hybridized carbons (Fsp3) is 0.133. The highest BCUT2D eigenvalue weighted by Gasteiger charge is 2.22. The molecule has 0 fully saturated rings. The summed E-state index contributed by atoms with van der Waals surface area (Å²) in [5, 5.41) is 14.2. The molecular weight excluding hydrogens is 224 g/mol. The summed E-state index contributed by atoms with van der Waals surface area (Å²) in [4.78, 5) is 0. The van der Waals surface area contributed by atoms with Gasteiger partial charge in [-0.05, 0) is 17.7 Å². The molecule has 0 saturated carbocycles. The van der Waals surface area contributed by atoms with E-state index in [9.17, 15) is 5.11 Å². The highest BCUT2D eigenvalue weighted by Crippen LogP contribution is 2.27. The molecule has 0 aliphatic carbocycles. The topological polar surface area (TPSA) is 44.6 Å². The number of para-hydroxylation sites is 1. The number of nitrogens with zero attached hydrogens (tertiary/aromatic N) is 1. The van der Waals surface area contributed by atoms with Gasteiger partial charge in [0, 0.05) is 12.0 Å². The summed E-state index contributed by atoms with van der Waals surface area (Å²) >= 11 is 0. The van der Waals surface area contributed by atoms with Gasteiger partial charge in [-0.3, -0.25) is 0 Å². The second-order valence-electron chi connectivity index (χ2n) is 4.37. The maximum Gasteiger partial charge on any atom is 0.124 e. The highest BCUT2D eigenvalue weighted by molar-refractivity contribution is 6.03. The Morgan fingerprint density at radius 2 is 1.72 bits per heavy atom. The number of aromatic hydroxyl groups is 1. The van der Waals surface area contributed by atoms with Crippen LogP contribution in [0.2, 0.25) is 0 Å². The zero-order valence-corrected chi connectivity index (χ0v) is 9.88. The molecule has 90 valence electrons. The molecule has 2 N–H and O–H groups in total. The molecule has 3 heteroatoms. The Morgan fingerprint density at radius 3 is 2.50 bits per heavy atom. The zero-order chi connectivity index (χ0) is 12.4. The lowest BCUT2D eigenvalue weighted by atomic mass is 9.99. The van der Waals surface area contributed by atoms with E-state index >= 15 is 0 Å². The first-order chi connectivity index (χ1) is 8.84. The van der Waals surface area contributed by atoms with Crippen LogP contribution in [0.5, 0.6) is 5.75 Å². The van der Waals surface area contributed by atoms with E-state index in [1.165, 1.54) is 5.56 Å². The van der Waals surface area contributed by atoms with Crippen molar-refractivity contribution in [2.24, 2.45) is 5.10 Å². The van der Waals surface area contributed by atoms with E-state index in [0.29, 0.717) is 0 Å². The lowest BCUT2D eigenvalue weighted by Crippen LogP contribution is -2.09. The van der Waals surface area contributed by atoms with E-state index in [4.69, 9.17) is 0 Å². The fourth-order valence-electron chi connectivity index (χ4n) is 2.21. The van der Waals surface area contributed by atoms with Gasteiger partial charge in [-0.2, -0.15) is 5.10 Å². The van der Waals surface area contributed by atoms with Gasteiger partial charge in [0.25, 0.3) is 0 Å². The van der Waals surface area contributed by atoms with Gasteiger partial charge >= 0.3 is 0 Å². The number of nitrogens with one attached hydrogen (secondary N) is 1. The SMILES string of the molecule is Oc1ccccc1C1=NN[C@H](c2ccccc2)C1. The summed E-state index contributed by atoms with van der Waals surface area (Å²) in [6, 6.07) is 17.7. The van der Waals surface area contributed by atoms with Crippen molar-refractivity contribution in [1.29, 1.82) is 0 Å². The minimum atomic E-state index is 0.195. The average molecular weight is 238 g/mol. The summed E-state index contributed by atoms with van der Waals surface area (Å²) < 4.78 is 0. The predicted molar refractivity (Wildman–Crippen MR) is 71.6 cm³/mol. The fourth-order valence-corrected chi connectivity index (χ4v) is 2.21. The third kappa shape index (κ3) is 1.95. The number of benzene rings is 2. The van der Waals surface area contributed by atoms with E-state index in [2.05, 4.69) is 22.7 Å². The van der Waals surface area contributed by atoms with Crippen LogP contribution in [0.1, 0.15) is 23.6 Å². The molecule has 1 atom stereocenters. The summed E-state index contributed by atoms with van der Waals surface area (Å²) in [5.74, 6) is 0.284. The van der Waals surface area contributed by atoms with Crippen molar-refractivity contribution in [1.82, 2.24) is 5.43 Å². The second kappa shape index (κ2) is 4.53.